The highest BCUT2D eigenvalue weighted by Gasteiger charge is 2.32. The van der Waals surface area contributed by atoms with Crippen LogP contribution in [0.25, 0.3) is 5.69 Å². The number of hydrogen-bond donors (Lipinski definition) is 1. The van der Waals surface area contributed by atoms with Crippen molar-refractivity contribution in [3.05, 3.63) is 57.6 Å². The van der Waals surface area contributed by atoms with Gasteiger partial charge in [-0.15, -0.1) is 21.5 Å². The molecule has 3 aromatic rings. The van der Waals surface area contributed by atoms with Crippen LogP contribution in [0.4, 0.5) is 0 Å². The first-order chi connectivity index (χ1) is 13.2. The van der Waals surface area contributed by atoms with Gasteiger partial charge in [-0.2, -0.15) is 0 Å². The summed E-state index contributed by atoms with van der Waals surface area (Å²) in [6, 6.07) is 8.43. The summed E-state index contributed by atoms with van der Waals surface area (Å²) in [5.41, 5.74) is 3.33. The smallest absolute Gasteiger partial charge is 0.170 e. The van der Waals surface area contributed by atoms with E-state index in [1.165, 1.54) is 11.3 Å². The Hall–Kier alpha value is -1.76. The highest BCUT2D eigenvalue weighted by atomic mass is 35.5. The van der Waals surface area contributed by atoms with Crippen molar-refractivity contribution in [1.82, 2.24) is 25.1 Å². The standard InChI is InChI=1S/C20H22ClN5S/c1-12-23-16(11-27-12)13-6-8-14(9-7-13)19-24-25-20-18(21)22-10-15-4-2-3-5-17(15)26(19)20/h2-5,11,13-14,18,22H,6-10H2,1H3. The van der Waals surface area contributed by atoms with E-state index in [-0.39, 0.29) is 5.50 Å². The van der Waals surface area contributed by atoms with E-state index in [0.29, 0.717) is 11.8 Å². The van der Waals surface area contributed by atoms with Gasteiger partial charge < -0.3 is 0 Å². The molecule has 1 N–H and O–H groups in total. The average molecular weight is 400 g/mol. The molecule has 0 radical (unpaired) electrons. The van der Waals surface area contributed by atoms with Crippen molar-refractivity contribution in [2.75, 3.05) is 0 Å². The molecular weight excluding hydrogens is 378 g/mol. The Morgan fingerprint density at radius 2 is 1.81 bits per heavy atom. The van der Waals surface area contributed by atoms with Gasteiger partial charge in [-0.1, -0.05) is 29.8 Å². The summed E-state index contributed by atoms with van der Waals surface area (Å²) >= 11 is 8.31. The molecule has 7 heteroatoms. The van der Waals surface area contributed by atoms with Gasteiger partial charge in [0, 0.05) is 23.8 Å². The summed E-state index contributed by atoms with van der Waals surface area (Å²) in [6.45, 7) is 2.82. The molecule has 0 amide bonds. The van der Waals surface area contributed by atoms with Crippen molar-refractivity contribution >= 4 is 22.9 Å². The largest absolute Gasteiger partial charge is 0.291 e. The van der Waals surface area contributed by atoms with Crippen molar-refractivity contribution < 1.29 is 0 Å². The third-order valence-electron chi connectivity index (χ3n) is 5.79. The first-order valence-electron chi connectivity index (χ1n) is 9.53. The fourth-order valence-electron chi connectivity index (χ4n) is 4.37. The van der Waals surface area contributed by atoms with E-state index >= 15 is 0 Å². The predicted octanol–water partition coefficient (Wildman–Crippen LogP) is 4.81. The molecule has 2 aromatic heterocycles. The van der Waals surface area contributed by atoms with E-state index in [9.17, 15) is 0 Å². The molecule has 2 aliphatic rings. The summed E-state index contributed by atoms with van der Waals surface area (Å²) in [5, 5.41) is 15.8. The van der Waals surface area contributed by atoms with E-state index in [2.05, 4.69) is 56.7 Å². The molecule has 1 saturated carbocycles. The van der Waals surface area contributed by atoms with Crippen LogP contribution < -0.4 is 5.32 Å². The number of rotatable bonds is 2. The van der Waals surface area contributed by atoms with Crippen molar-refractivity contribution in [1.29, 1.82) is 0 Å². The predicted molar refractivity (Wildman–Crippen MR) is 108 cm³/mol. The Labute approximate surface area is 167 Å². The number of nitrogens with one attached hydrogen (secondary N) is 1. The van der Waals surface area contributed by atoms with Crippen LogP contribution in [0.15, 0.2) is 29.6 Å². The van der Waals surface area contributed by atoms with E-state index < -0.39 is 0 Å². The highest BCUT2D eigenvalue weighted by molar-refractivity contribution is 7.09. The van der Waals surface area contributed by atoms with Crippen LogP contribution >= 0.6 is 22.9 Å². The summed E-state index contributed by atoms with van der Waals surface area (Å²) in [4.78, 5) is 4.70. The number of nitrogens with zero attached hydrogens (tertiary/aromatic N) is 4. The summed E-state index contributed by atoms with van der Waals surface area (Å²) < 4.78 is 2.20. The van der Waals surface area contributed by atoms with Crippen molar-refractivity contribution in [2.45, 2.75) is 56.5 Å². The number of fused-ring (bicyclic) bond motifs is 3. The lowest BCUT2D eigenvalue weighted by Crippen LogP contribution is -2.17. The van der Waals surface area contributed by atoms with Gasteiger partial charge in [-0.25, -0.2) is 4.98 Å². The van der Waals surface area contributed by atoms with Crippen LogP contribution in [0.3, 0.4) is 0 Å². The van der Waals surface area contributed by atoms with E-state index in [4.69, 9.17) is 16.6 Å². The van der Waals surface area contributed by atoms with E-state index in [1.54, 1.807) is 11.3 Å². The lowest BCUT2D eigenvalue weighted by molar-refractivity contribution is 0.378. The van der Waals surface area contributed by atoms with Crippen molar-refractivity contribution in [3.8, 4) is 5.69 Å². The van der Waals surface area contributed by atoms with E-state index in [1.807, 2.05) is 0 Å². The minimum atomic E-state index is -0.326. The molecule has 1 aliphatic heterocycles. The lowest BCUT2D eigenvalue weighted by Gasteiger charge is -2.27. The maximum absolute atomic E-state index is 6.56. The molecular formula is C20H22ClN5S. The van der Waals surface area contributed by atoms with Crippen LogP contribution in [-0.2, 0) is 6.54 Å². The number of aryl methyl sites for hydroxylation is 1. The minimum Gasteiger partial charge on any atom is -0.291 e. The zero-order chi connectivity index (χ0) is 18.4. The molecule has 1 aliphatic carbocycles. The van der Waals surface area contributed by atoms with Crippen LogP contribution in [0.5, 0.6) is 0 Å². The summed E-state index contributed by atoms with van der Waals surface area (Å²) in [6.07, 6.45) is 4.53. The second kappa shape index (κ2) is 7.00. The van der Waals surface area contributed by atoms with Gasteiger partial charge in [0.15, 0.2) is 5.82 Å². The second-order valence-corrected chi connectivity index (χ2v) is 8.96. The Balaban J connectivity index is 1.45. The van der Waals surface area contributed by atoms with Crippen molar-refractivity contribution in [3.63, 3.8) is 0 Å². The van der Waals surface area contributed by atoms with Crippen molar-refractivity contribution in [2.24, 2.45) is 0 Å². The molecule has 140 valence electrons. The molecule has 0 spiro atoms. The van der Waals surface area contributed by atoms with Crippen LogP contribution in [0.1, 0.15) is 70.9 Å². The third kappa shape index (κ3) is 3.10. The normalized spacial score (nSPS) is 24.9. The van der Waals surface area contributed by atoms with E-state index in [0.717, 1.165) is 54.6 Å². The topological polar surface area (TPSA) is 55.6 Å². The van der Waals surface area contributed by atoms with Gasteiger partial charge in [0.05, 0.1) is 16.4 Å². The molecule has 1 atom stereocenters. The van der Waals surface area contributed by atoms with Crippen LogP contribution in [0, 0.1) is 6.92 Å². The fourth-order valence-corrected chi connectivity index (χ4v) is 5.28. The molecule has 0 saturated heterocycles. The number of para-hydroxylation sites is 1. The minimum absolute atomic E-state index is 0.326. The number of halogens is 1. The van der Waals surface area contributed by atoms with Gasteiger partial charge in [0.2, 0.25) is 0 Å². The first kappa shape index (κ1) is 17.3. The Kier molecular flexibility index (Phi) is 4.50. The van der Waals surface area contributed by atoms with Gasteiger partial charge in [-0.3, -0.25) is 9.88 Å². The van der Waals surface area contributed by atoms with Crippen LogP contribution in [-0.4, -0.2) is 19.7 Å². The van der Waals surface area contributed by atoms with Crippen LogP contribution in [0.2, 0.25) is 0 Å². The quantitative estimate of drug-likeness (QED) is 0.496. The molecule has 27 heavy (non-hydrogen) atoms. The Morgan fingerprint density at radius 3 is 2.59 bits per heavy atom. The third-order valence-corrected chi connectivity index (χ3v) is 6.93. The highest BCUT2D eigenvalue weighted by Crippen LogP contribution is 2.41. The van der Waals surface area contributed by atoms with Gasteiger partial charge in [0.1, 0.15) is 11.3 Å². The lowest BCUT2D eigenvalue weighted by atomic mass is 9.80. The number of benzene rings is 1. The Bertz CT molecular complexity index is 957. The number of thiazole rings is 1. The maximum atomic E-state index is 6.56. The molecule has 5 rings (SSSR count). The molecule has 1 aromatic carbocycles. The zero-order valence-corrected chi connectivity index (χ0v) is 16.8. The average Bonchev–Trinajstić information content (AvgIpc) is 3.30. The molecule has 5 nitrogen and oxygen atoms in total. The molecule has 3 heterocycles. The molecule has 1 fully saturated rings. The van der Waals surface area contributed by atoms with Gasteiger partial charge in [0.25, 0.3) is 0 Å². The van der Waals surface area contributed by atoms with Gasteiger partial charge in [-0.05, 0) is 44.2 Å². The van der Waals surface area contributed by atoms with Gasteiger partial charge >= 0.3 is 0 Å². The SMILES string of the molecule is Cc1nc(C2CCC(c3nnc4n3-c3ccccc3CNC4Cl)CC2)cs1. The summed E-state index contributed by atoms with van der Waals surface area (Å²) in [5.74, 6) is 2.85. The molecule has 1 unspecified atom stereocenters. The first-order valence-corrected chi connectivity index (χ1v) is 10.9. The molecule has 0 bridgehead atoms. The monoisotopic (exact) mass is 399 g/mol. The zero-order valence-electron chi connectivity index (χ0n) is 15.2. The summed E-state index contributed by atoms with van der Waals surface area (Å²) in [7, 11) is 0. The second-order valence-electron chi connectivity index (χ2n) is 7.46. The maximum Gasteiger partial charge on any atom is 0.170 e. The number of aromatic nitrogens is 4. The Morgan fingerprint density at radius 1 is 1.07 bits per heavy atom. The number of hydrogen-bond acceptors (Lipinski definition) is 5. The fraction of sp³-hybridized carbons (Fsp3) is 0.450. The number of alkyl halides is 1.